The van der Waals surface area contributed by atoms with Crippen molar-refractivity contribution in [1.82, 2.24) is 20.0 Å². The number of nitrogens with zero attached hydrogens (tertiary/aromatic N) is 3. The highest BCUT2D eigenvalue weighted by Crippen LogP contribution is 2.31. The molecule has 0 spiro atoms. The van der Waals surface area contributed by atoms with Gasteiger partial charge in [0.05, 0.1) is 12.2 Å². The van der Waals surface area contributed by atoms with Crippen molar-refractivity contribution in [2.24, 2.45) is 12.5 Å². The van der Waals surface area contributed by atoms with Gasteiger partial charge in [0, 0.05) is 31.4 Å². The van der Waals surface area contributed by atoms with E-state index in [-0.39, 0.29) is 17.5 Å². The third-order valence-electron chi connectivity index (χ3n) is 5.13. The van der Waals surface area contributed by atoms with Crippen LogP contribution in [0.1, 0.15) is 57.3 Å². The van der Waals surface area contributed by atoms with Crippen molar-refractivity contribution in [3.8, 4) is 0 Å². The molecule has 0 saturated heterocycles. The van der Waals surface area contributed by atoms with Crippen LogP contribution in [0.3, 0.4) is 0 Å². The Morgan fingerprint density at radius 2 is 2.13 bits per heavy atom. The van der Waals surface area contributed by atoms with Crippen molar-refractivity contribution in [2.45, 2.75) is 52.5 Å². The summed E-state index contributed by atoms with van der Waals surface area (Å²) in [5.74, 6) is 0. The highest BCUT2D eigenvalue weighted by Gasteiger charge is 2.28. The molecule has 1 N–H and O–H groups in total. The van der Waals surface area contributed by atoms with Gasteiger partial charge in [0.1, 0.15) is 0 Å². The van der Waals surface area contributed by atoms with E-state index in [0.29, 0.717) is 6.54 Å². The van der Waals surface area contributed by atoms with Gasteiger partial charge in [-0.25, -0.2) is 4.79 Å². The van der Waals surface area contributed by atoms with Crippen molar-refractivity contribution >= 4 is 6.03 Å². The van der Waals surface area contributed by atoms with Crippen LogP contribution >= 0.6 is 0 Å². The second-order valence-electron chi connectivity index (χ2n) is 7.74. The summed E-state index contributed by atoms with van der Waals surface area (Å²) in [6.07, 6.45) is 8.26. The maximum absolute atomic E-state index is 12.6. The number of hydrogen-bond donors (Lipinski definition) is 1. The minimum Gasteiger partial charge on any atom is -0.331 e. The summed E-state index contributed by atoms with van der Waals surface area (Å²) in [5.41, 5.74) is 4.11. The molecule has 5 heteroatoms. The number of aromatic nitrogens is 2. The summed E-state index contributed by atoms with van der Waals surface area (Å²) in [7, 11) is 1.98. The Hall–Kier alpha value is -1.78. The maximum atomic E-state index is 12.6. The summed E-state index contributed by atoms with van der Waals surface area (Å²) in [5, 5.41) is 7.56. The van der Waals surface area contributed by atoms with Crippen molar-refractivity contribution in [3.05, 3.63) is 29.1 Å². The van der Waals surface area contributed by atoms with E-state index in [1.165, 1.54) is 16.8 Å². The lowest BCUT2D eigenvalue weighted by Gasteiger charge is -2.33. The first-order valence-electron chi connectivity index (χ1n) is 8.62. The van der Waals surface area contributed by atoms with E-state index in [0.717, 1.165) is 32.2 Å². The number of amides is 2. The lowest BCUT2D eigenvalue weighted by Crippen LogP contribution is -2.44. The molecule has 5 nitrogen and oxygen atoms in total. The van der Waals surface area contributed by atoms with Gasteiger partial charge >= 0.3 is 6.03 Å². The molecule has 0 bridgehead atoms. The Bertz CT molecular complexity index is 623. The quantitative estimate of drug-likeness (QED) is 0.809. The number of aryl methyl sites for hydroxylation is 1. The van der Waals surface area contributed by atoms with Gasteiger partial charge in [-0.3, -0.25) is 4.68 Å². The Morgan fingerprint density at radius 3 is 2.78 bits per heavy atom. The second-order valence-corrected chi connectivity index (χ2v) is 7.74. The van der Waals surface area contributed by atoms with Gasteiger partial charge in [-0.15, -0.1) is 0 Å². The summed E-state index contributed by atoms with van der Waals surface area (Å²) in [6.45, 7) is 8.23. The van der Waals surface area contributed by atoms with Crippen LogP contribution in [0.2, 0.25) is 0 Å². The van der Waals surface area contributed by atoms with Crippen LogP contribution in [0.15, 0.2) is 17.8 Å². The van der Waals surface area contributed by atoms with Gasteiger partial charge < -0.3 is 10.2 Å². The first kappa shape index (κ1) is 16.1. The average molecular weight is 316 g/mol. The van der Waals surface area contributed by atoms with E-state index in [2.05, 4.69) is 37.3 Å². The lowest BCUT2D eigenvalue weighted by atomic mass is 9.83. The van der Waals surface area contributed by atoms with Crippen LogP contribution in [-0.2, 0) is 13.5 Å². The number of carbonyl (C=O) groups excluding carboxylic acids is 1. The number of urea groups is 1. The lowest BCUT2D eigenvalue weighted by molar-refractivity contribution is 0.194. The van der Waals surface area contributed by atoms with Gasteiger partial charge in [0.25, 0.3) is 0 Å². The molecule has 23 heavy (non-hydrogen) atoms. The van der Waals surface area contributed by atoms with Crippen molar-refractivity contribution in [3.63, 3.8) is 0 Å². The topological polar surface area (TPSA) is 50.2 Å². The minimum atomic E-state index is 0.0518. The Balaban J connectivity index is 1.64. The molecular formula is C18H28N4O. The highest BCUT2D eigenvalue weighted by atomic mass is 16.2. The minimum absolute atomic E-state index is 0.0518. The van der Waals surface area contributed by atoms with Gasteiger partial charge in [-0.05, 0) is 31.1 Å². The van der Waals surface area contributed by atoms with E-state index in [1.807, 2.05) is 22.8 Å². The van der Waals surface area contributed by atoms with E-state index < -0.39 is 0 Å². The zero-order valence-electron chi connectivity index (χ0n) is 14.7. The normalized spacial score (nSPS) is 21.7. The van der Waals surface area contributed by atoms with E-state index in [1.54, 1.807) is 0 Å². The van der Waals surface area contributed by atoms with Crippen LogP contribution in [0.25, 0.3) is 0 Å². The first-order chi connectivity index (χ1) is 10.9. The molecule has 1 aromatic heterocycles. The number of hydrogen-bond acceptors (Lipinski definition) is 2. The largest absolute Gasteiger partial charge is 0.331 e. The zero-order chi connectivity index (χ0) is 16.6. The molecule has 1 atom stereocenters. The van der Waals surface area contributed by atoms with Gasteiger partial charge in [0.2, 0.25) is 0 Å². The molecule has 0 radical (unpaired) electrons. The monoisotopic (exact) mass is 316 g/mol. The first-order valence-corrected chi connectivity index (χ1v) is 8.62. The van der Waals surface area contributed by atoms with Gasteiger partial charge in [-0.2, -0.15) is 5.10 Å². The summed E-state index contributed by atoms with van der Waals surface area (Å²) >= 11 is 0. The van der Waals surface area contributed by atoms with Crippen molar-refractivity contribution in [1.29, 1.82) is 0 Å². The van der Waals surface area contributed by atoms with E-state index >= 15 is 0 Å². The summed E-state index contributed by atoms with van der Waals surface area (Å²) in [6, 6.07) is 0.156. The fraction of sp³-hybridized carbons (Fsp3) is 0.667. The molecule has 0 saturated carbocycles. The van der Waals surface area contributed by atoms with Crippen molar-refractivity contribution in [2.75, 3.05) is 13.1 Å². The molecule has 0 aromatic carbocycles. The van der Waals surface area contributed by atoms with Crippen LogP contribution in [0.4, 0.5) is 4.79 Å². The molecule has 1 unspecified atom stereocenters. The molecule has 1 aromatic rings. The molecule has 2 aliphatic rings. The molecule has 1 aliphatic heterocycles. The molecule has 0 fully saturated rings. The molecule has 1 aliphatic carbocycles. The third-order valence-corrected chi connectivity index (χ3v) is 5.13. The second kappa shape index (κ2) is 6.02. The van der Waals surface area contributed by atoms with E-state index in [4.69, 9.17) is 0 Å². The smallest absolute Gasteiger partial charge is 0.318 e. The molecule has 126 valence electrons. The predicted molar refractivity (Wildman–Crippen MR) is 91.1 cm³/mol. The fourth-order valence-corrected chi connectivity index (χ4v) is 3.63. The SMILES string of the molecule is Cn1ncc2c1CCCC2NC(=O)N1CC=C(C(C)(C)C)CC1. The van der Waals surface area contributed by atoms with Crippen LogP contribution in [-0.4, -0.2) is 33.8 Å². The third kappa shape index (κ3) is 3.28. The standard InChI is InChI=1S/C18H28N4O/c1-18(2,3)13-8-10-22(11-9-13)17(23)20-15-6-5-7-16-14(15)12-19-21(16)4/h8,12,15H,5-7,9-11H2,1-4H3,(H,20,23). The fourth-order valence-electron chi connectivity index (χ4n) is 3.63. The Morgan fingerprint density at radius 1 is 1.35 bits per heavy atom. The number of carbonyl (C=O) groups is 1. The van der Waals surface area contributed by atoms with Gasteiger partial charge in [-0.1, -0.05) is 32.4 Å². The number of nitrogens with one attached hydrogen (secondary N) is 1. The summed E-state index contributed by atoms with van der Waals surface area (Å²) < 4.78 is 1.94. The molecular weight excluding hydrogens is 288 g/mol. The van der Waals surface area contributed by atoms with Crippen molar-refractivity contribution < 1.29 is 4.79 Å². The highest BCUT2D eigenvalue weighted by molar-refractivity contribution is 5.75. The maximum Gasteiger partial charge on any atom is 0.318 e. The Kier molecular flexibility index (Phi) is 4.21. The zero-order valence-corrected chi connectivity index (χ0v) is 14.7. The Labute approximate surface area is 138 Å². The molecule has 2 heterocycles. The van der Waals surface area contributed by atoms with Crippen LogP contribution in [0.5, 0.6) is 0 Å². The number of rotatable bonds is 1. The molecule has 3 rings (SSSR count). The summed E-state index contributed by atoms with van der Waals surface area (Å²) in [4.78, 5) is 14.5. The van der Waals surface area contributed by atoms with E-state index in [9.17, 15) is 4.79 Å². The van der Waals surface area contributed by atoms with Crippen LogP contribution in [0, 0.1) is 5.41 Å². The van der Waals surface area contributed by atoms with Crippen LogP contribution < -0.4 is 5.32 Å². The predicted octanol–water partition coefficient (Wildman–Crippen LogP) is 3.19. The van der Waals surface area contributed by atoms with Gasteiger partial charge in [0.15, 0.2) is 0 Å². The molecule has 2 amide bonds. The number of fused-ring (bicyclic) bond motifs is 1. The average Bonchev–Trinajstić information content (AvgIpc) is 2.89.